The molecular weight excluding hydrogens is 2230 g/mol. The Morgan fingerprint density at radius 1 is 0.264 bits per heavy atom. The monoisotopic (exact) mass is 2310 g/mol. The van der Waals surface area contributed by atoms with Gasteiger partial charge in [0.25, 0.3) is 0 Å². The molecule has 0 aliphatic carbocycles. The Bertz CT molecular complexity index is 5920. The van der Waals surface area contributed by atoms with Gasteiger partial charge in [-0.1, -0.05) is 0 Å². The number of hydrogen-bond acceptors (Lipinski definition) is 60. The number of ether oxygens (including phenoxy) is 15. The smallest absolute Gasteiger partial charge is 0.397 e. The van der Waals surface area contributed by atoms with Gasteiger partial charge in [-0.25, -0.2) is 52.6 Å². The highest BCUT2D eigenvalue weighted by atomic mass is 32.3. The van der Waals surface area contributed by atoms with Crippen LogP contribution in [0.1, 0.15) is 0 Å². The first-order valence-electron chi connectivity index (χ1n) is 36.0. The molecule has 92 heteroatoms. The molecule has 7 fully saturated rings. The van der Waals surface area contributed by atoms with Gasteiger partial charge < -0.3 is 137 Å². The number of aliphatic hydroxyl groups is 9. The molecule has 0 aromatic carbocycles. The lowest BCUT2D eigenvalue weighted by molar-refractivity contribution is -0.378. The summed E-state index contributed by atoms with van der Waals surface area (Å²) in [6, 6.07) is -12.8. The van der Waals surface area contributed by atoms with Crippen molar-refractivity contribution in [3.8, 4) is 0 Å². The van der Waals surface area contributed by atoms with Gasteiger partial charge >= 0.3 is 148 Å². The molecule has 0 aromatic heterocycles. The number of carbonyl (C=O) groups is 4. The van der Waals surface area contributed by atoms with E-state index in [4.69, 9.17) is 71.1 Å². The standard InChI is InChI=1S/C48H76N4O76S12/c53-6-1-7(37(61)62)111-45(16(6)54)115-23-8(2-106-133(82,83)84)112-42(12(17(23)55)49-129(70,71)72)119-29-19(57)20(58)46(122-34(29)38(63)64)117-26-11(5-109-136(91,92)93)114-44(15(52-132(79,80)81)28(26)126-138(97,98)99)121-31-22(60)32(127-139(100,101)102)47(123-36(31)40(67)68)116-24-9(3-107-134(85,86)87)113-43(13(18(24)56)50-130(73,74)75)120-30-21(59)33(128-140(103,104)105)48(124-35(30)39(65)66)118-25-10(4-108-135(88,89)90)110-41(69)14(51-131(76,77)78)27(25)125-137(94,95)96/h1,6,8-36,41-60,69H,2-5H2,(H,61,62)(H,63,64)(H,65,66)(H,67,68)(H,70,71,72)(H,73,74,75)(H,76,77,78)(H,79,80,81)(H,82,83,84)(H,85,86,87)(H,88,89,90)(H,91,92,93)(H,94,95,96)(H,97,98,99)(H,100,101,102)(H,103,104,105)/t6-,8+,9+,10+,11+,12+,13+,14+,15+,16+,17+,18+,19+,20+,21-,22-,23+,24+,25+,26+,27+,28+,29-,30-,31-,32+,33+,34-,35+,36+,41?,42+,43+,44+,45-,46+,47+,48+/m0/s1. The third-order valence-corrected chi connectivity index (χ3v) is 24.9. The maximum absolute atomic E-state index is 13.5. The third kappa shape index (κ3) is 34.5. The Morgan fingerprint density at radius 2 is 0.529 bits per heavy atom. The maximum Gasteiger partial charge on any atom is 0.397 e. The molecule has 0 radical (unpaired) electrons. The van der Waals surface area contributed by atoms with Gasteiger partial charge in [0.1, 0.15) is 152 Å². The quantitative estimate of drug-likeness (QED) is 0.0252. The van der Waals surface area contributed by atoms with Crippen molar-refractivity contribution < 1.29 is 346 Å². The predicted octanol–water partition coefficient (Wildman–Crippen LogP) is -20.7. The number of carboxylic acid groups (broad SMARTS) is 4. The van der Waals surface area contributed by atoms with Crippen LogP contribution in [0.3, 0.4) is 0 Å². The summed E-state index contributed by atoms with van der Waals surface area (Å²) in [5.74, 6) is -11.4. The lowest BCUT2D eigenvalue weighted by atomic mass is 9.94. The minimum atomic E-state index is -6.63. The van der Waals surface area contributed by atoms with E-state index in [1.54, 1.807) is 0 Å². The first-order valence-corrected chi connectivity index (χ1v) is 52.7. The van der Waals surface area contributed by atoms with Crippen molar-refractivity contribution in [1.82, 2.24) is 18.9 Å². The number of rotatable bonds is 46. The third-order valence-electron chi connectivity index (χ3n) is 19.0. The zero-order valence-corrected chi connectivity index (χ0v) is 76.5. The number of aliphatic carboxylic acids is 4. The van der Waals surface area contributed by atoms with Crippen LogP contribution in [-0.4, -0.2) is 506 Å². The van der Waals surface area contributed by atoms with Crippen LogP contribution in [0.25, 0.3) is 0 Å². The summed E-state index contributed by atoms with van der Waals surface area (Å²) in [5.41, 5.74) is 0. The van der Waals surface area contributed by atoms with E-state index in [0.717, 1.165) is 14.2 Å². The molecule has 0 bridgehead atoms. The zero-order chi connectivity index (χ0) is 106. The summed E-state index contributed by atoms with van der Waals surface area (Å²) in [6.45, 7) is -8.10. The van der Waals surface area contributed by atoms with Crippen molar-refractivity contribution in [3.05, 3.63) is 11.8 Å². The SMILES string of the molecule is O=C(O)C1=C[C@H](O)[C@@H](O)[C@H](O[C@H]2[C@H](O)[C@@H](NS(=O)(=O)O)[C@@H](O[C@H]3[C@H](O)[C@@H](O)[C@H](O[C@H]4[C@H](OS(=O)(=O)O)[C@@H](NS(=O)(=O)O)[C@@H](O[C@H]5[C@H](O)[C@@H](OS(=O)(=O)O)[C@H](O[C@H]6[C@H](O)[C@@H](NS(=O)(=O)O)[C@@H](O[C@H]7[C@H](O)[C@@H](OS(=O)(=O)O)[C@H](O[C@H]8[C@H](OS(=O)(=O)O)[C@@H](NS(=O)(=O)O)C(O)O[C@@H]8COS(=O)(=O)O)O[C@H]7C(=O)O)O[C@@H]6COS(=O)(=O)O)O[C@H]5C(=O)O)O[C@@H]4COS(=O)(=O)O)O[C@@H]3C(=O)O)O[C@@H]2COS(=O)(=O)O)O1. The minimum Gasteiger partial charge on any atom is -0.479 e. The highest BCUT2D eigenvalue weighted by Crippen LogP contribution is 2.42. The van der Waals surface area contributed by atoms with Crippen molar-refractivity contribution in [2.24, 2.45) is 0 Å². The van der Waals surface area contributed by atoms with Gasteiger partial charge in [-0.05, 0) is 6.08 Å². The molecule has 0 spiro atoms. The zero-order valence-electron chi connectivity index (χ0n) is 66.7. The molecule has 8 rings (SSSR count). The molecule has 0 aromatic rings. The Kier molecular flexibility index (Phi) is 39.1. The average molecular weight is 2310 g/mol. The molecule has 7 saturated heterocycles. The van der Waals surface area contributed by atoms with Crippen LogP contribution < -0.4 is 18.9 Å². The molecule has 80 nitrogen and oxygen atoms in total. The molecule has 816 valence electrons. The highest BCUT2D eigenvalue weighted by Gasteiger charge is 2.65. The van der Waals surface area contributed by atoms with Crippen LogP contribution in [0, 0.1) is 0 Å². The van der Waals surface area contributed by atoms with Crippen LogP contribution in [0.5, 0.6) is 0 Å². The van der Waals surface area contributed by atoms with E-state index in [1.165, 1.54) is 4.72 Å². The summed E-state index contributed by atoms with van der Waals surface area (Å²) in [4.78, 5) is 51.7. The maximum atomic E-state index is 13.5. The van der Waals surface area contributed by atoms with E-state index >= 15 is 0 Å². The van der Waals surface area contributed by atoms with Crippen LogP contribution >= 0.6 is 0 Å². The predicted molar refractivity (Wildman–Crippen MR) is 398 cm³/mol. The number of nitrogens with one attached hydrogen (secondary N) is 4. The number of hydrogen-bond donors (Lipinski definition) is 29. The normalized spacial score (nSPS) is 38.5. The second-order valence-electron chi connectivity index (χ2n) is 28.7. The fourth-order valence-electron chi connectivity index (χ4n) is 13.8. The molecule has 1 unspecified atom stereocenters. The number of carboxylic acids is 4. The lowest BCUT2D eigenvalue weighted by Gasteiger charge is -2.51. The Labute approximate surface area is 780 Å². The van der Waals surface area contributed by atoms with Gasteiger partial charge in [0.15, 0.2) is 74.6 Å². The van der Waals surface area contributed by atoms with Gasteiger partial charge in [-0.2, -0.15) is 120 Å². The summed E-state index contributed by atoms with van der Waals surface area (Å²) in [6.07, 6.45) is -109. The van der Waals surface area contributed by atoms with Gasteiger partial charge in [-0.3, -0.25) is 54.6 Å². The molecule has 38 atom stereocenters. The Morgan fingerprint density at radius 3 is 0.850 bits per heavy atom. The lowest BCUT2D eigenvalue weighted by Crippen LogP contribution is -2.72. The summed E-state index contributed by atoms with van der Waals surface area (Å²) < 4.78 is 534. The highest BCUT2D eigenvalue weighted by molar-refractivity contribution is 7.85. The van der Waals surface area contributed by atoms with E-state index in [9.17, 15) is 241 Å². The molecular formula is C48H76N4O76S12. The van der Waals surface area contributed by atoms with E-state index in [2.05, 4.69) is 33.5 Å². The van der Waals surface area contributed by atoms with Crippen molar-refractivity contribution in [3.63, 3.8) is 0 Å². The first kappa shape index (κ1) is 120. The molecule has 8 aliphatic rings. The molecule has 8 aliphatic heterocycles. The van der Waals surface area contributed by atoms with E-state index in [1.807, 2.05) is 0 Å². The van der Waals surface area contributed by atoms with Crippen LogP contribution in [0.4, 0.5) is 0 Å². The van der Waals surface area contributed by atoms with Crippen LogP contribution in [0.15, 0.2) is 11.8 Å². The summed E-state index contributed by atoms with van der Waals surface area (Å²) >= 11 is 0. The molecule has 29 N–H and O–H groups in total. The first-order chi connectivity index (χ1) is 63.4. The van der Waals surface area contributed by atoms with E-state index in [0.29, 0.717) is 6.08 Å². The van der Waals surface area contributed by atoms with Crippen LogP contribution in [-0.2, 0) is 248 Å². The minimum absolute atomic E-state index is 0.355. The topological polar surface area (TPSA) is 1240 Å². The van der Waals surface area contributed by atoms with Crippen molar-refractivity contribution >= 4 is 148 Å². The van der Waals surface area contributed by atoms with Gasteiger partial charge in [-0.15, -0.1) is 0 Å². The molecule has 0 saturated carbocycles. The Balaban J connectivity index is 1.16. The number of aliphatic hydroxyl groups excluding tert-OH is 9. The van der Waals surface area contributed by atoms with E-state index in [-0.39, 0.29) is 0 Å². The van der Waals surface area contributed by atoms with Crippen molar-refractivity contribution in [2.75, 3.05) is 26.4 Å². The largest absolute Gasteiger partial charge is 0.479 e. The van der Waals surface area contributed by atoms with Gasteiger partial charge in [0.05, 0.1) is 26.4 Å². The van der Waals surface area contributed by atoms with Crippen molar-refractivity contribution in [1.29, 1.82) is 0 Å². The molecule has 0 amide bonds. The fourth-order valence-corrected chi connectivity index (χ4v) is 19.4. The molecule has 140 heavy (non-hydrogen) atoms. The Hall–Kier alpha value is -5.06. The summed E-state index contributed by atoms with van der Waals surface area (Å²) in [5, 5.41) is 144. The molecule has 8 heterocycles. The van der Waals surface area contributed by atoms with E-state index < -0.39 is 414 Å². The average Bonchev–Trinajstić information content (AvgIpc) is 0.779. The second kappa shape index (κ2) is 45.6. The summed E-state index contributed by atoms with van der Waals surface area (Å²) in [7, 11) is -74.2. The van der Waals surface area contributed by atoms with Crippen molar-refractivity contribution in [2.45, 2.75) is 233 Å². The van der Waals surface area contributed by atoms with Crippen LogP contribution in [0.2, 0.25) is 0 Å². The second-order valence-corrected chi connectivity index (χ2v) is 42.0. The van der Waals surface area contributed by atoms with Gasteiger partial charge in [0.2, 0.25) is 12.0 Å². The fraction of sp³-hybridized carbons (Fsp3) is 0.875. The van der Waals surface area contributed by atoms with Gasteiger partial charge in [0, 0.05) is 0 Å².